The number of nitrogens with zero attached hydrogens (tertiary/aromatic N) is 5. The summed E-state index contributed by atoms with van der Waals surface area (Å²) in [6.07, 6.45) is 15.1. The van der Waals surface area contributed by atoms with Gasteiger partial charge >= 0.3 is 0 Å². The number of hydrogen-bond donors (Lipinski definition) is 3. The van der Waals surface area contributed by atoms with E-state index in [1.165, 1.54) is 25.6 Å². The summed E-state index contributed by atoms with van der Waals surface area (Å²) in [7, 11) is 0. The molecule has 2 aliphatic carbocycles. The van der Waals surface area contributed by atoms with Gasteiger partial charge in [-0.25, -0.2) is 15.0 Å². The van der Waals surface area contributed by atoms with Gasteiger partial charge in [-0.2, -0.15) is 4.98 Å². The normalized spacial score (nSPS) is 15.5. The average molecular weight is 445 g/mol. The van der Waals surface area contributed by atoms with Crippen molar-refractivity contribution in [1.82, 2.24) is 30.2 Å². The van der Waals surface area contributed by atoms with E-state index in [4.69, 9.17) is 4.98 Å². The zero-order valence-corrected chi connectivity index (χ0v) is 18.5. The number of rotatable bonds is 10. The lowest BCUT2D eigenvalue weighted by Gasteiger charge is -2.24. The fraction of sp³-hybridized carbons (Fsp3) is 0.417. The second kappa shape index (κ2) is 9.89. The molecule has 3 aromatic heterocycles. The van der Waals surface area contributed by atoms with Crippen LogP contribution in [0.1, 0.15) is 50.0 Å². The van der Waals surface area contributed by atoms with Crippen molar-refractivity contribution >= 4 is 23.4 Å². The maximum absolute atomic E-state index is 12.0. The van der Waals surface area contributed by atoms with Gasteiger partial charge in [-0.05, 0) is 50.2 Å². The average Bonchev–Trinajstić information content (AvgIpc) is 3.64. The highest BCUT2D eigenvalue weighted by Gasteiger charge is 2.28. The summed E-state index contributed by atoms with van der Waals surface area (Å²) >= 11 is 0. The van der Waals surface area contributed by atoms with Gasteiger partial charge in [0, 0.05) is 48.7 Å². The Morgan fingerprint density at radius 1 is 0.970 bits per heavy atom. The SMILES string of the molecule is O=C(NCCCNc1nc(Nc2ccc(-c3cncnc3)nc2)ncc1C1CC1)C1CCC1. The van der Waals surface area contributed by atoms with E-state index in [-0.39, 0.29) is 11.8 Å². The molecule has 33 heavy (non-hydrogen) atoms. The van der Waals surface area contributed by atoms with E-state index in [9.17, 15) is 4.79 Å². The van der Waals surface area contributed by atoms with Crippen LogP contribution in [0.25, 0.3) is 11.3 Å². The third kappa shape index (κ3) is 5.42. The van der Waals surface area contributed by atoms with Crippen molar-refractivity contribution < 1.29 is 4.79 Å². The molecule has 3 heterocycles. The Balaban J connectivity index is 1.18. The Labute approximate surface area is 192 Å². The number of pyridine rings is 1. The van der Waals surface area contributed by atoms with Gasteiger partial charge < -0.3 is 16.0 Å². The first kappa shape index (κ1) is 21.2. The first-order valence-electron chi connectivity index (χ1n) is 11.6. The Hall–Kier alpha value is -3.62. The number of amides is 1. The van der Waals surface area contributed by atoms with Crippen molar-refractivity contribution in [2.24, 2.45) is 5.92 Å². The van der Waals surface area contributed by atoms with Crippen LogP contribution in [0.4, 0.5) is 17.5 Å². The molecule has 1 amide bonds. The van der Waals surface area contributed by atoms with Crippen molar-refractivity contribution in [2.45, 2.75) is 44.4 Å². The molecule has 0 atom stereocenters. The summed E-state index contributed by atoms with van der Waals surface area (Å²) < 4.78 is 0. The van der Waals surface area contributed by atoms with Gasteiger partial charge in [-0.1, -0.05) is 6.42 Å². The summed E-state index contributed by atoms with van der Waals surface area (Å²) in [4.78, 5) is 33.7. The predicted octanol–water partition coefficient (Wildman–Crippen LogP) is 3.67. The van der Waals surface area contributed by atoms with Gasteiger partial charge in [0.05, 0.1) is 17.6 Å². The monoisotopic (exact) mass is 444 g/mol. The summed E-state index contributed by atoms with van der Waals surface area (Å²) in [5, 5.41) is 9.73. The molecule has 3 aromatic rings. The van der Waals surface area contributed by atoms with Crippen LogP contribution in [0, 0.1) is 5.92 Å². The van der Waals surface area contributed by atoms with Crippen molar-refractivity contribution in [3.05, 3.63) is 48.8 Å². The lowest BCUT2D eigenvalue weighted by Crippen LogP contribution is -2.35. The molecule has 0 unspecified atom stereocenters. The molecule has 0 bridgehead atoms. The molecule has 2 saturated carbocycles. The van der Waals surface area contributed by atoms with Gasteiger partial charge in [0.25, 0.3) is 0 Å². The van der Waals surface area contributed by atoms with Gasteiger partial charge in [-0.3, -0.25) is 9.78 Å². The van der Waals surface area contributed by atoms with Crippen LogP contribution in [0.15, 0.2) is 43.2 Å². The summed E-state index contributed by atoms with van der Waals surface area (Å²) in [6, 6.07) is 3.85. The van der Waals surface area contributed by atoms with Crippen LogP contribution >= 0.6 is 0 Å². The largest absolute Gasteiger partial charge is 0.370 e. The molecule has 2 aliphatic rings. The van der Waals surface area contributed by atoms with E-state index >= 15 is 0 Å². The molecular weight excluding hydrogens is 416 g/mol. The van der Waals surface area contributed by atoms with Crippen LogP contribution in [0.5, 0.6) is 0 Å². The van der Waals surface area contributed by atoms with Crippen LogP contribution < -0.4 is 16.0 Å². The quantitative estimate of drug-likeness (QED) is 0.406. The summed E-state index contributed by atoms with van der Waals surface area (Å²) in [5.74, 6) is 2.37. The highest BCUT2D eigenvalue weighted by Crippen LogP contribution is 2.42. The summed E-state index contributed by atoms with van der Waals surface area (Å²) in [6.45, 7) is 1.43. The number of aromatic nitrogens is 5. The predicted molar refractivity (Wildman–Crippen MR) is 126 cm³/mol. The number of nitrogens with one attached hydrogen (secondary N) is 3. The van der Waals surface area contributed by atoms with Crippen LogP contribution in [0.2, 0.25) is 0 Å². The zero-order valence-electron chi connectivity index (χ0n) is 18.5. The molecule has 0 aliphatic heterocycles. The van der Waals surface area contributed by atoms with E-state index in [0.29, 0.717) is 18.4 Å². The van der Waals surface area contributed by atoms with Gasteiger partial charge in [0.2, 0.25) is 11.9 Å². The van der Waals surface area contributed by atoms with E-state index in [1.54, 1.807) is 18.6 Å². The maximum Gasteiger partial charge on any atom is 0.229 e. The smallest absolute Gasteiger partial charge is 0.229 e. The van der Waals surface area contributed by atoms with Crippen LogP contribution in [0.3, 0.4) is 0 Å². The Bertz CT molecular complexity index is 1080. The number of anilines is 3. The van der Waals surface area contributed by atoms with Crippen molar-refractivity contribution in [1.29, 1.82) is 0 Å². The van der Waals surface area contributed by atoms with E-state index in [2.05, 4.69) is 35.9 Å². The lowest BCUT2D eigenvalue weighted by atomic mass is 9.85. The summed E-state index contributed by atoms with van der Waals surface area (Å²) in [5.41, 5.74) is 3.64. The molecule has 0 aromatic carbocycles. The first-order valence-corrected chi connectivity index (χ1v) is 11.6. The molecular formula is C24H28N8O. The van der Waals surface area contributed by atoms with Gasteiger partial charge in [-0.15, -0.1) is 0 Å². The minimum Gasteiger partial charge on any atom is -0.370 e. The molecule has 9 nitrogen and oxygen atoms in total. The second-order valence-corrected chi connectivity index (χ2v) is 8.66. The second-order valence-electron chi connectivity index (χ2n) is 8.66. The van der Waals surface area contributed by atoms with Gasteiger partial charge in [0.1, 0.15) is 12.1 Å². The standard InChI is InChI=1S/C24H28N8O/c33-23(17-3-1-4-17)28-10-2-9-27-22-20(16-5-6-16)14-30-24(32-22)31-19-7-8-21(29-13-19)18-11-25-15-26-12-18/h7-8,11-17H,1-6,9-10H2,(H,28,33)(H2,27,30,31,32). The molecule has 5 rings (SSSR count). The van der Waals surface area contributed by atoms with Gasteiger partial charge in [0.15, 0.2) is 0 Å². The first-order chi connectivity index (χ1) is 16.3. The molecule has 3 N–H and O–H groups in total. The van der Waals surface area contributed by atoms with Crippen molar-refractivity contribution in [3.63, 3.8) is 0 Å². The maximum atomic E-state index is 12.0. The molecule has 2 fully saturated rings. The Kier molecular flexibility index (Phi) is 6.37. The van der Waals surface area contributed by atoms with Crippen molar-refractivity contribution in [2.75, 3.05) is 23.7 Å². The van der Waals surface area contributed by atoms with E-state index in [1.807, 2.05) is 18.3 Å². The third-order valence-electron chi connectivity index (χ3n) is 6.13. The molecule has 0 saturated heterocycles. The minimum atomic E-state index is 0.202. The zero-order chi connectivity index (χ0) is 22.5. The van der Waals surface area contributed by atoms with Crippen LogP contribution in [-0.2, 0) is 4.79 Å². The lowest BCUT2D eigenvalue weighted by molar-refractivity contribution is -0.127. The van der Waals surface area contributed by atoms with Crippen LogP contribution in [-0.4, -0.2) is 43.9 Å². The number of hydrogen-bond acceptors (Lipinski definition) is 8. The van der Waals surface area contributed by atoms with E-state index in [0.717, 1.165) is 54.1 Å². The molecule has 9 heteroatoms. The van der Waals surface area contributed by atoms with E-state index < -0.39 is 0 Å². The highest BCUT2D eigenvalue weighted by atomic mass is 16.1. The Morgan fingerprint density at radius 3 is 2.52 bits per heavy atom. The molecule has 0 radical (unpaired) electrons. The fourth-order valence-corrected chi connectivity index (χ4v) is 3.81. The highest BCUT2D eigenvalue weighted by molar-refractivity contribution is 5.79. The fourth-order valence-electron chi connectivity index (χ4n) is 3.81. The topological polar surface area (TPSA) is 118 Å². The Morgan fingerprint density at radius 2 is 1.82 bits per heavy atom. The van der Waals surface area contributed by atoms with Crippen molar-refractivity contribution in [3.8, 4) is 11.3 Å². The number of carbonyl (C=O) groups excluding carboxylic acids is 1. The third-order valence-corrected chi connectivity index (χ3v) is 6.13. The molecule has 0 spiro atoms. The minimum absolute atomic E-state index is 0.202. The number of carbonyl (C=O) groups is 1. The molecule has 170 valence electrons.